The Morgan fingerprint density at radius 3 is 2.20 bits per heavy atom. The Balaban J connectivity index is 2.85. The van der Waals surface area contributed by atoms with E-state index < -0.39 is 0 Å². The molecule has 0 amide bonds. The molecule has 0 radical (unpaired) electrons. The number of carbonyl (C=O) groups is 1. The Labute approximate surface area is 49.7 Å². The molecule has 3 heteroatoms. The van der Waals surface area contributed by atoms with Gasteiger partial charge in [-0.05, 0) is 0 Å². The van der Waals surface area contributed by atoms with Crippen molar-refractivity contribution in [3.63, 3.8) is 0 Å². The first-order chi connectivity index (χ1) is 2.27. The summed E-state index contributed by atoms with van der Waals surface area (Å²) in [5, 5.41) is -0.175. The Morgan fingerprint density at radius 2 is 2.20 bits per heavy atom. The lowest BCUT2D eigenvalue weighted by atomic mass is 10.9. The van der Waals surface area contributed by atoms with Gasteiger partial charge in [0.15, 0.2) is 0 Å². The molecule has 0 aliphatic rings. The minimum atomic E-state index is -0.175. The van der Waals surface area contributed by atoms with Crippen LogP contribution in [0, 0.1) is 0 Å². The van der Waals surface area contributed by atoms with Gasteiger partial charge in [0.1, 0.15) is 0 Å². The van der Waals surface area contributed by atoms with E-state index >= 15 is 0 Å². The predicted octanol–water partition coefficient (Wildman–Crippen LogP) is 0.495. The highest BCUT2D eigenvalue weighted by Crippen LogP contribution is 1.76. The second kappa shape index (κ2) is 2.84. The second-order valence-corrected chi connectivity index (χ2v) is 1.72. The van der Waals surface area contributed by atoms with Gasteiger partial charge in [-0.25, -0.2) is 0 Å². The maximum atomic E-state index is 9.62. The highest BCUT2D eigenvalue weighted by molar-refractivity contribution is 14.1. The van der Waals surface area contributed by atoms with Gasteiger partial charge >= 0.3 is 0 Å². The van der Waals surface area contributed by atoms with Crippen molar-refractivity contribution in [2.24, 2.45) is 0 Å². The standard InChI is InChI=1S/C2H3IOS/c3-1-2(4)5/h1H2,(H,4,5)/p-1. The lowest BCUT2D eigenvalue weighted by molar-refractivity contribution is -0.108. The van der Waals surface area contributed by atoms with Crippen LogP contribution in [0.15, 0.2) is 0 Å². The molecule has 0 unspecified atom stereocenters. The van der Waals surface area contributed by atoms with Crippen LogP contribution in [0.25, 0.3) is 0 Å². The molecule has 0 N–H and O–H groups in total. The van der Waals surface area contributed by atoms with Crippen molar-refractivity contribution in [3.8, 4) is 0 Å². The molecular formula is C2H2IOS-. The Bertz CT molecular complexity index is 44.9. The number of hydrogen-bond acceptors (Lipinski definition) is 2. The largest absolute Gasteiger partial charge is 0.741 e. The Kier molecular flexibility index (Phi) is 3.19. The first-order valence-corrected chi connectivity index (χ1v) is 2.96. The van der Waals surface area contributed by atoms with Crippen LogP contribution in [0.4, 0.5) is 0 Å². The van der Waals surface area contributed by atoms with Crippen LogP contribution in [0.3, 0.4) is 0 Å². The highest BCUT2D eigenvalue weighted by Gasteiger charge is 1.65. The molecular weight excluding hydrogens is 199 g/mol. The molecule has 0 heterocycles. The normalized spacial score (nSPS) is 7.40. The van der Waals surface area contributed by atoms with Gasteiger partial charge in [0.05, 0.1) is 0 Å². The molecule has 0 aliphatic carbocycles. The molecule has 5 heavy (non-hydrogen) atoms. The molecule has 0 spiro atoms. The van der Waals surface area contributed by atoms with E-state index in [1.165, 1.54) is 0 Å². The van der Waals surface area contributed by atoms with Crippen LogP contribution in [-0.2, 0) is 17.4 Å². The molecule has 0 aromatic heterocycles. The van der Waals surface area contributed by atoms with Crippen LogP contribution in [0.2, 0.25) is 0 Å². The maximum absolute atomic E-state index is 9.62. The highest BCUT2D eigenvalue weighted by atomic mass is 127. The van der Waals surface area contributed by atoms with Gasteiger partial charge in [0, 0.05) is 9.54 Å². The molecule has 0 bridgehead atoms. The van der Waals surface area contributed by atoms with Crippen molar-refractivity contribution in [1.82, 2.24) is 0 Å². The molecule has 1 nitrogen and oxygen atoms in total. The fourth-order valence-corrected chi connectivity index (χ4v) is 0. The zero-order valence-corrected chi connectivity index (χ0v) is 5.38. The summed E-state index contributed by atoms with van der Waals surface area (Å²) < 4.78 is 0.451. The summed E-state index contributed by atoms with van der Waals surface area (Å²) in [6.45, 7) is 0. The minimum absolute atomic E-state index is 0.175. The Hall–Kier alpha value is 0.620. The van der Waals surface area contributed by atoms with Crippen molar-refractivity contribution < 1.29 is 4.79 Å². The van der Waals surface area contributed by atoms with E-state index in [4.69, 9.17) is 0 Å². The first-order valence-electron chi connectivity index (χ1n) is 1.03. The van der Waals surface area contributed by atoms with Crippen LogP contribution < -0.4 is 0 Å². The van der Waals surface area contributed by atoms with Gasteiger partial charge in [-0.2, -0.15) is 0 Å². The predicted molar refractivity (Wildman–Crippen MR) is 31.3 cm³/mol. The van der Waals surface area contributed by atoms with Gasteiger partial charge in [-0.15, -0.1) is 0 Å². The van der Waals surface area contributed by atoms with E-state index in [0.717, 1.165) is 0 Å². The van der Waals surface area contributed by atoms with E-state index in [1.54, 1.807) is 0 Å². The van der Waals surface area contributed by atoms with Crippen LogP contribution in [0.1, 0.15) is 0 Å². The third kappa shape index (κ3) is 4.62. The summed E-state index contributed by atoms with van der Waals surface area (Å²) in [6.07, 6.45) is 0. The van der Waals surface area contributed by atoms with Crippen LogP contribution in [-0.4, -0.2) is 9.54 Å². The number of hydrogen-bond donors (Lipinski definition) is 0. The average molecular weight is 201 g/mol. The fourth-order valence-electron chi connectivity index (χ4n) is 0. The van der Waals surface area contributed by atoms with Crippen molar-refractivity contribution >= 4 is 40.3 Å². The van der Waals surface area contributed by atoms with E-state index in [-0.39, 0.29) is 5.12 Å². The number of halogens is 1. The summed E-state index contributed by atoms with van der Waals surface area (Å²) >= 11 is 6.06. The molecule has 0 rings (SSSR count). The fraction of sp³-hybridized carbons (Fsp3) is 0.500. The zero-order chi connectivity index (χ0) is 4.28. The lowest BCUT2D eigenvalue weighted by Gasteiger charge is -1.89. The maximum Gasteiger partial charge on any atom is 0.0366 e. The molecule has 0 aliphatic heterocycles. The smallest absolute Gasteiger partial charge is 0.0366 e. The van der Waals surface area contributed by atoms with E-state index in [2.05, 4.69) is 12.6 Å². The molecule has 30 valence electrons. The average Bonchev–Trinajstić information content (AvgIpc) is 1.38. The molecule has 0 saturated heterocycles. The third-order valence-electron chi connectivity index (χ3n) is 0.109. The van der Waals surface area contributed by atoms with Gasteiger partial charge in [-0.1, -0.05) is 22.6 Å². The van der Waals surface area contributed by atoms with E-state index in [0.29, 0.717) is 4.43 Å². The van der Waals surface area contributed by atoms with Gasteiger partial charge in [-0.3, -0.25) is 0 Å². The number of alkyl halides is 1. The molecule has 0 aromatic carbocycles. The molecule has 0 aromatic rings. The second-order valence-electron chi connectivity index (χ2n) is 0.506. The van der Waals surface area contributed by atoms with Gasteiger partial charge in [0.2, 0.25) is 0 Å². The summed E-state index contributed by atoms with van der Waals surface area (Å²) in [5.41, 5.74) is 0. The lowest BCUT2D eigenvalue weighted by Crippen LogP contribution is -1.87. The minimum Gasteiger partial charge on any atom is -0.741 e. The van der Waals surface area contributed by atoms with Crippen molar-refractivity contribution in [2.45, 2.75) is 0 Å². The SMILES string of the molecule is O=C([S-])CI. The van der Waals surface area contributed by atoms with E-state index in [9.17, 15) is 4.79 Å². The molecule has 0 fully saturated rings. The monoisotopic (exact) mass is 201 g/mol. The summed E-state index contributed by atoms with van der Waals surface area (Å²) in [5.74, 6) is 0. The van der Waals surface area contributed by atoms with Gasteiger partial charge in [0.25, 0.3) is 0 Å². The number of rotatable bonds is 1. The van der Waals surface area contributed by atoms with Crippen LogP contribution >= 0.6 is 22.6 Å². The quantitative estimate of drug-likeness (QED) is 0.349. The van der Waals surface area contributed by atoms with Crippen molar-refractivity contribution in [1.29, 1.82) is 0 Å². The van der Waals surface area contributed by atoms with E-state index in [1.807, 2.05) is 22.6 Å². The summed E-state index contributed by atoms with van der Waals surface area (Å²) in [6, 6.07) is 0. The summed E-state index contributed by atoms with van der Waals surface area (Å²) in [4.78, 5) is 9.62. The van der Waals surface area contributed by atoms with Crippen molar-refractivity contribution in [3.05, 3.63) is 0 Å². The topological polar surface area (TPSA) is 17.1 Å². The Morgan fingerprint density at radius 1 is 2.00 bits per heavy atom. The number of carbonyl (C=O) groups excluding carboxylic acids is 1. The van der Waals surface area contributed by atoms with Crippen LogP contribution in [0.5, 0.6) is 0 Å². The molecule has 0 saturated carbocycles. The molecule has 0 atom stereocenters. The van der Waals surface area contributed by atoms with Gasteiger partial charge < -0.3 is 17.4 Å². The third-order valence-corrected chi connectivity index (χ3v) is 1.46. The summed E-state index contributed by atoms with van der Waals surface area (Å²) in [7, 11) is 0. The first kappa shape index (κ1) is 5.62. The van der Waals surface area contributed by atoms with Crippen molar-refractivity contribution in [2.75, 3.05) is 4.43 Å². The zero-order valence-electron chi connectivity index (χ0n) is 2.40.